The van der Waals surface area contributed by atoms with Crippen LogP contribution in [0.25, 0.3) is 0 Å². The van der Waals surface area contributed by atoms with Crippen molar-refractivity contribution in [2.24, 2.45) is 22.2 Å². The minimum absolute atomic E-state index is 0.215. The van der Waals surface area contributed by atoms with E-state index in [0.29, 0.717) is 5.84 Å². The summed E-state index contributed by atoms with van der Waals surface area (Å²) in [6.07, 6.45) is 3.18. The number of oxime groups is 1. The van der Waals surface area contributed by atoms with Gasteiger partial charge in [-0.3, -0.25) is 0 Å². The number of amidine groups is 1. The minimum atomic E-state index is -0.215. The first-order chi connectivity index (χ1) is 7.44. The van der Waals surface area contributed by atoms with Crippen LogP contribution in [0, 0.1) is 11.3 Å². The molecule has 0 rings (SSSR count). The predicted octanol–water partition coefficient (Wildman–Crippen LogP) is 2.17. The predicted molar refractivity (Wildman–Crippen MR) is 68.7 cm³/mol. The molecule has 96 valence electrons. The second-order valence-corrected chi connectivity index (χ2v) is 5.19. The third kappa shape index (κ3) is 5.95. The molecule has 4 nitrogen and oxygen atoms in total. The second kappa shape index (κ2) is 7.49. The van der Waals surface area contributed by atoms with Gasteiger partial charge in [-0.05, 0) is 31.8 Å². The van der Waals surface area contributed by atoms with Crippen molar-refractivity contribution in [1.82, 2.24) is 5.32 Å². The average molecular weight is 229 g/mol. The molecule has 0 bridgehead atoms. The molecule has 16 heavy (non-hydrogen) atoms. The molecule has 0 radical (unpaired) electrons. The topological polar surface area (TPSA) is 70.6 Å². The Morgan fingerprint density at radius 1 is 1.50 bits per heavy atom. The van der Waals surface area contributed by atoms with Crippen molar-refractivity contribution in [2.45, 2.75) is 47.0 Å². The molecule has 0 spiro atoms. The molecule has 4 heteroatoms. The molecule has 0 saturated carbocycles. The molecular formula is C12H27N3O. The third-order valence-electron chi connectivity index (χ3n) is 3.15. The maximum atomic E-state index is 8.63. The molecule has 4 N–H and O–H groups in total. The van der Waals surface area contributed by atoms with Crippen molar-refractivity contribution >= 4 is 5.84 Å². The van der Waals surface area contributed by atoms with Crippen LogP contribution in [0.2, 0.25) is 0 Å². The minimum Gasteiger partial charge on any atom is -0.409 e. The van der Waals surface area contributed by atoms with Crippen molar-refractivity contribution < 1.29 is 5.21 Å². The normalized spacial score (nSPS) is 15.1. The van der Waals surface area contributed by atoms with E-state index >= 15 is 0 Å². The van der Waals surface area contributed by atoms with Crippen molar-refractivity contribution in [2.75, 3.05) is 13.1 Å². The lowest BCUT2D eigenvalue weighted by Gasteiger charge is -2.22. The van der Waals surface area contributed by atoms with Gasteiger partial charge in [-0.2, -0.15) is 0 Å². The first kappa shape index (κ1) is 15.2. The van der Waals surface area contributed by atoms with Gasteiger partial charge in [-0.1, -0.05) is 39.3 Å². The molecule has 0 aromatic carbocycles. The lowest BCUT2D eigenvalue weighted by Crippen LogP contribution is -2.33. The standard InChI is InChI=1S/C12H27N3O/c1-5-10(2)9-14-8-6-7-12(3,4)11(13)15-16/h10,14,16H,5-9H2,1-4H3,(H2,13,15). The van der Waals surface area contributed by atoms with Gasteiger partial charge in [0, 0.05) is 5.41 Å². The van der Waals surface area contributed by atoms with E-state index in [9.17, 15) is 0 Å². The van der Waals surface area contributed by atoms with Gasteiger partial charge in [-0.25, -0.2) is 0 Å². The highest BCUT2D eigenvalue weighted by Gasteiger charge is 2.22. The highest BCUT2D eigenvalue weighted by molar-refractivity contribution is 5.85. The Hall–Kier alpha value is -0.770. The fraction of sp³-hybridized carbons (Fsp3) is 0.917. The van der Waals surface area contributed by atoms with Crippen molar-refractivity contribution in [3.8, 4) is 0 Å². The summed E-state index contributed by atoms with van der Waals surface area (Å²) in [6.45, 7) is 10.5. The van der Waals surface area contributed by atoms with Crippen molar-refractivity contribution in [3.05, 3.63) is 0 Å². The van der Waals surface area contributed by atoms with Gasteiger partial charge in [0.2, 0.25) is 0 Å². The highest BCUT2D eigenvalue weighted by Crippen LogP contribution is 2.21. The maximum absolute atomic E-state index is 8.63. The van der Waals surface area contributed by atoms with Crippen LogP contribution in [0.3, 0.4) is 0 Å². The fourth-order valence-electron chi connectivity index (χ4n) is 1.41. The summed E-state index contributed by atoms with van der Waals surface area (Å²) < 4.78 is 0. The van der Waals surface area contributed by atoms with E-state index in [-0.39, 0.29) is 5.41 Å². The van der Waals surface area contributed by atoms with E-state index in [1.807, 2.05) is 13.8 Å². The van der Waals surface area contributed by atoms with Gasteiger partial charge < -0.3 is 16.3 Å². The van der Waals surface area contributed by atoms with Crippen LogP contribution < -0.4 is 11.1 Å². The van der Waals surface area contributed by atoms with Crippen LogP contribution in [0.15, 0.2) is 5.16 Å². The van der Waals surface area contributed by atoms with Crippen LogP contribution in [-0.2, 0) is 0 Å². The smallest absolute Gasteiger partial charge is 0.144 e. The molecule has 0 amide bonds. The fourth-order valence-corrected chi connectivity index (χ4v) is 1.41. The van der Waals surface area contributed by atoms with Crippen LogP contribution in [0.1, 0.15) is 47.0 Å². The molecule has 0 saturated heterocycles. The summed E-state index contributed by atoms with van der Waals surface area (Å²) in [5, 5.41) is 15.1. The van der Waals surface area contributed by atoms with Crippen LogP contribution in [0.5, 0.6) is 0 Å². The Morgan fingerprint density at radius 3 is 2.62 bits per heavy atom. The van der Waals surface area contributed by atoms with Crippen LogP contribution in [-0.4, -0.2) is 24.1 Å². The number of rotatable bonds is 8. The van der Waals surface area contributed by atoms with Gasteiger partial charge >= 0.3 is 0 Å². The molecule has 1 unspecified atom stereocenters. The summed E-state index contributed by atoms with van der Waals surface area (Å²) >= 11 is 0. The quantitative estimate of drug-likeness (QED) is 0.196. The first-order valence-electron chi connectivity index (χ1n) is 6.12. The summed E-state index contributed by atoms with van der Waals surface area (Å²) in [7, 11) is 0. The highest BCUT2D eigenvalue weighted by atomic mass is 16.4. The Labute approximate surface area is 99.3 Å². The second-order valence-electron chi connectivity index (χ2n) is 5.19. The lowest BCUT2D eigenvalue weighted by molar-refractivity contribution is 0.304. The number of nitrogens with one attached hydrogen (secondary N) is 1. The Balaban J connectivity index is 3.66. The zero-order valence-corrected chi connectivity index (χ0v) is 11.1. The number of nitrogens with zero attached hydrogens (tertiary/aromatic N) is 1. The molecule has 0 aromatic rings. The SMILES string of the molecule is CCC(C)CNCCCC(C)(C)C(N)=NO. The summed E-state index contributed by atoms with van der Waals surface area (Å²) in [5.74, 6) is 1.05. The zero-order valence-electron chi connectivity index (χ0n) is 11.1. The van der Waals surface area contributed by atoms with E-state index in [2.05, 4.69) is 24.3 Å². The van der Waals surface area contributed by atoms with Gasteiger partial charge in [-0.15, -0.1) is 0 Å². The first-order valence-corrected chi connectivity index (χ1v) is 6.12. The van der Waals surface area contributed by atoms with E-state index in [4.69, 9.17) is 10.9 Å². The summed E-state index contributed by atoms with van der Waals surface area (Å²) in [6, 6.07) is 0. The third-order valence-corrected chi connectivity index (χ3v) is 3.15. The van der Waals surface area contributed by atoms with Crippen LogP contribution >= 0.6 is 0 Å². The Kier molecular flexibility index (Phi) is 7.13. The van der Waals surface area contributed by atoms with E-state index < -0.39 is 0 Å². The van der Waals surface area contributed by atoms with Crippen LogP contribution in [0.4, 0.5) is 0 Å². The molecule has 0 fully saturated rings. The van der Waals surface area contributed by atoms with E-state index in [0.717, 1.165) is 31.8 Å². The Morgan fingerprint density at radius 2 is 2.12 bits per heavy atom. The Bertz CT molecular complexity index is 214. The van der Waals surface area contributed by atoms with Crippen molar-refractivity contribution in [1.29, 1.82) is 0 Å². The summed E-state index contributed by atoms with van der Waals surface area (Å²) in [5.41, 5.74) is 5.40. The number of hydrogen-bond donors (Lipinski definition) is 3. The molecule has 0 aliphatic heterocycles. The molecule has 0 aromatic heterocycles. The molecule has 0 heterocycles. The van der Waals surface area contributed by atoms with E-state index in [1.165, 1.54) is 6.42 Å². The van der Waals surface area contributed by atoms with Gasteiger partial charge in [0.15, 0.2) is 0 Å². The molecule has 1 atom stereocenters. The maximum Gasteiger partial charge on any atom is 0.144 e. The zero-order chi connectivity index (χ0) is 12.6. The van der Waals surface area contributed by atoms with Gasteiger partial charge in [0.25, 0.3) is 0 Å². The number of hydrogen-bond acceptors (Lipinski definition) is 3. The van der Waals surface area contributed by atoms with Crippen molar-refractivity contribution in [3.63, 3.8) is 0 Å². The molecular weight excluding hydrogens is 202 g/mol. The number of nitrogens with two attached hydrogens (primary N) is 1. The monoisotopic (exact) mass is 229 g/mol. The lowest BCUT2D eigenvalue weighted by atomic mass is 9.86. The molecule has 0 aliphatic rings. The molecule has 0 aliphatic carbocycles. The van der Waals surface area contributed by atoms with E-state index in [1.54, 1.807) is 0 Å². The summed E-state index contributed by atoms with van der Waals surface area (Å²) in [4.78, 5) is 0. The van der Waals surface area contributed by atoms with Gasteiger partial charge in [0.1, 0.15) is 5.84 Å². The average Bonchev–Trinajstić information content (AvgIpc) is 2.26. The largest absolute Gasteiger partial charge is 0.409 e. The van der Waals surface area contributed by atoms with Gasteiger partial charge in [0.05, 0.1) is 0 Å².